The zero-order valence-corrected chi connectivity index (χ0v) is 15.5. The fourth-order valence-electron chi connectivity index (χ4n) is 3.46. The van der Waals surface area contributed by atoms with Crippen LogP contribution >= 0.6 is 0 Å². The summed E-state index contributed by atoms with van der Waals surface area (Å²) in [5, 5.41) is 11.5. The number of hydrogen-bond acceptors (Lipinski definition) is 2. The average Bonchev–Trinajstić information content (AvgIpc) is 2.58. The van der Waals surface area contributed by atoms with Crippen molar-refractivity contribution in [3.63, 3.8) is 0 Å². The second-order valence-corrected chi connectivity index (χ2v) is 7.53. The molecular weight excluding hydrogens is 310 g/mol. The molecule has 0 fully saturated rings. The Balaban J connectivity index is 2.60. The predicted octanol–water partition coefficient (Wildman–Crippen LogP) is 4.84. The van der Waals surface area contributed by atoms with Crippen molar-refractivity contribution in [1.29, 1.82) is 0 Å². The van der Waals surface area contributed by atoms with Crippen LogP contribution in [0.15, 0.2) is 53.3 Å². The van der Waals surface area contributed by atoms with E-state index in [-0.39, 0.29) is 16.7 Å². The number of hydrogen-bond donors (Lipinski definition) is 1. The Bertz CT molecular complexity index is 982. The van der Waals surface area contributed by atoms with Crippen molar-refractivity contribution in [2.24, 2.45) is 13.0 Å². The average molecular weight is 335 g/mol. The first-order valence-electron chi connectivity index (χ1n) is 8.67. The molecule has 130 valence electrons. The third-order valence-electron chi connectivity index (χ3n) is 5.52. The number of benzene rings is 2. The van der Waals surface area contributed by atoms with E-state index in [1.807, 2.05) is 24.3 Å². The summed E-state index contributed by atoms with van der Waals surface area (Å²) in [6, 6.07) is 15.4. The SMILES string of the molecule is CC(C)C(C)(C)c1c(-c2ccccc2)c2cccc(O)c2c(=O)n1C. The number of phenolic OH excluding ortho intramolecular Hbond substituents is 1. The van der Waals surface area contributed by atoms with Crippen LogP contribution in [0.4, 0.5) is 0 Å². The van der Waals surface area contributed by atoms with Crippen molar-refractivity contribution >= 4 is 10.8 Å². The fourth-order valence-corrected chi connectivity index (χ4v) is 3.46. The molecule has 0 aliphatic rings. The molecule has 3 nitrogen and oxygen atoms in total. The van der Waals surface area contributed by atoms with Gasteiger partial charge in [0.25, 0.3) is 5.56 Å². The van der Waals surface area contributed by atoms with E-state index in [1.165, 1.54) is 0 Å². The lowest BCUT2D eigenvalue weighted by Gasteiger charge is -2.34. The van der Waals surface area contributed by atoms with Gasteiger partial charge in [-0.1, -0.05) is 70.2 Å². The monoisotopic (exact) mass is 335 g/mol. The lowest BCUT2D eigenvalue weighted by molar-refractivity contribution is 0.351. The molecule has 0 saturated heterocycles. The number of phenols is 1. The van der Waals surface area contributed by atoms with Gasteiger partial charge in [0.2, 0.25) is 0 Å². The quantitative estimate of drug-likeness (QED) is 0.744. The van der Waals surface area contributed by atoms with Crippen molar-refractivity contribution < 1.29 is 5.11 Å². The van der Waals surface area contributed by atoms with Crippen LogP contribution in [-0.2, 0) is 12.5 Å². The topological polar surface area (TPSA) is 42.2 Å². The number of rotatable bonds is 3. The smallest absolute Gasteiger partial charge is 0.262 e. The lowest BCUT2D eigenvalue weighted by Crippen LogP contribution is -2.34. The van der Waals surface area contributed by atoms with E-state index in [1.54, 1.807) is 23.7 Å². The summed E-state index contributed by atoms with van der Waals surface area (Å²) in [5.41, 5.74) is 2.71. The van der Waals surface area contributed by atoms with E-state index < -0.39 is 0 Å². The summed E-state index contributed by atoms with van der Waals surface area (Å²) in [7, 11) is 1.81. The number of fused-ring (bicyclic) bond motifs is 1. The fraction of sp³-hybridized carbons (Fsp3) is 0.318. The maximum Gasteiger partial charge on any atom is 0.262 e. The first kappa shape index (κ1) is 17.3. The van der Waals surface area contributed by atoms with Crippen LogP contribution in [0.3, 0.4) is 0 Å². The number of aromatic hydroxyl groups is 1. The molecule has 0 saturated carbocycles. The summed E-state index contributed by atoms with van der Waals surface area (Å²) in [5.74, 6) is 0.375. The molecule has 25 heavy (non-hydrogen) atoms. The Morgan fingerprint density at radius 2 is 1.64 bits per heavy atom. The summed E-state index contributed by atoms with van der Waals surface area (Å²) in [6.45, 7) is 8.69. The standard InChI is InChI=1S/C22H25NO2/c1-14(2)22(3,4)20-18(15-10-7-6-8-11-15)16-12-9-13-17(24)19(16)21(25)23(20)5/h6-14,24H,1-5H3. The summed E-state index contributed by atoms with van der Waals surface area (Å²) in [6.07, 6.45) is 0. The van der Waals surface area contributed by atoms with Crippen molar-refractivity contribution in [2.75, 3.05) is 0 Å². The Labute approximate surface area is 148 Å². The Hall–Kier alpha value is -2.55. The van der Waals surface area contributed by atoms with Gasteiger partial charge in [-0.2, -0.15) is 0 Å². The summed E-state index contributed by atoms with van der Waals surface area (Å²) >= 11 is 0. The van der Waals surface area contributed by atoms with Crippen molar-refractivity contribution in [2.45, 2.75) is 33.1 Å². The van der Waals surface area contributed by atoms with Crippen LogP contribution in [0.25, 0.3) is 21.9 Å². The number of pyridine rings is 1. The van der Waals surface area contributed by atoms with Gasteiger partial charge in [0.1, 0.15) is 5.75 Å². The third-order valence-corrected chi connectivity index (χ3v) is 5.52. The molecule has 1 heterocycles. The van der Waals surface area contributed by atoms with Crippen LogP contribution in [0.1, 0.15) is 33.4 Å². The van der Waals surface area contributed by atoms with E-state index in [2.05, 4.69) is 39.8 Å². The summed E-state index contributed by atoms with van der Waals surface area (Å²) in [4.78, 5) is 13.0. The highest BCUT2D eigenvalue weighted by molar-refractivity contribution is 6.00. The molecule has 0 aliphatic heterocycles. The minimum Gasteiger partial charge on any atom is -0.507 e. The van der Waals surface area contributed by atoms with Crippen LogP contribution in [0.2, 0.25) is 0 Å². The molecule has 3 heteroatoms. The molecule has 0 amide bonds. The zero-order valence-electron chi connectivity index (χ0n) is 15.5. The van der Waals surface area contributed by atoms with Gasteiger partial charge < -0.3 is 9.67 Å². The molecule has 3 aromatic rings. The molecule has 0 radical (unpaired) electrons. The Morgan fingerprint density at radius 1 is 1.00 bits per heavy atom. The zero-order chi connectivity index (χ0) is 18.4. The van der Waals surface area contributed by atoms with Gasteiger partial charge in [-0.05, 0) is 17.5 Å². The molecule has 0 bridgehead atoms. The van der Waals surface area contributed by atoms with E-state index in [0.29, 0.717) is 11.3 Å². The Morgan fingerprint density at radius 3 is 2.24 bits per heavy atom. The molecule has 0 aliphatic carbocycles. The molecule has 3 rings (SSSR count). The van der Waals surface area contributed by atoms with Crippen molar-refractivity contribution in [1.82, 2.24) is 4.57 Å². The normalized spacial score (nSPS) is 12.1. The highest BCUT2D eigenvalue weighted by Crippen LogP contribution is 2.41. The van der Waals surface area contributed by atoms with Crippen LogP contribution in [-0.4, -0.2) is 9.67 Å². The first-order valence-corrected chi connectivity index (χ1v) is 8.67. The first-order chi connectivity index (χ1) is 11.8. The molecule has 2 aromatic carbocycles. The van der Waals surface area contributed by atoms with Gasteiger partial charge in [-0.25, -0.2) is 0 Å². The predicted molar refractivity (Wildman–Crippen MR) is 104 cm³/mol. The lowest BCUT2D eigenvalue weighted by atomic mass is 9.74. The second kappa shape index (κ2) is 6.07. The minimum atomic E-state index is -0.210. The van der Waals surface area contributed by atoms with Crippen molar-refractivity contribution in [3.8, 4) is 16.9 Å². The van der Waals surface area contributed by atoms with Gasteiger partial charge in [-0.3, -0.25) is 4.79 Å². The molecular formula is C22H25NO2. The third kappa shape index (κ3) is 2.64. The van der Waals surface area contributed by atoms with Gasteiger partial charge >= 0.3 is 0 Å². The molecule has 1 N–H and O–H groups in total. The second-order valence-electron chi connectivity index (χ2n) is 7.53. The highest BCUT2D eigenvalue weighted by atomic mass is 16.3. The van der Waals surface area contributed by atoms with Gasteiger partial charge in [0, 0.05) is 29.1 Å². The highest BCUT2D eigenvalue weighted by Gasteiger charge is 2.32. The van der Waals surface area contributed by atoms with Crippen molar-refractivity contribution in [3.05, 3.63) is 64.6 Å². The molecule has 0 unspecified atom stereocenters. The maximum atomic E-state index is 13.0. The Kier molecular flexibility index (Phi) is 4.19. The maximum absolute atomic E-state index is 13.0. The van der Waals surface area contributed by atoms with Gasteiger partial charge in [-0.15, -0.1) is 0 Å². The summed E-state index contributed by atoms with van der Waals surface area (Å²) < 4.78 is 1.71. The molecule has 1 aromatic heterocycles. The van der Waals surface area contributed by atoms with Gasteiger partial charge in [0.05, 0.1) is 5.39 Å². The van der Waals surface area contributed by atoms with Crippen LogP contribution < -0.4 is 5.56 Å². The van der Waals surface area contributed by atoms with Crippen LogP contribution in [0, 0.1) is 5.92 Å². The van der Waals surface area contributed by atoms with E-state index in [0.717, 1.165) is 22.2 Å². The molecule has 0 spiro atoms. The van der Waals surface area contributed by atoms with Crippen LogP contribution in [0.5, 0.6) is 5.75 Å². The van der Waals surface area contributed by atoms with E-state index >= 15 is 0 Å². The van der Waals surface area contributed by atoms with Gasteiger partial charge in [0.15, 0.2) is 0 Å². The van der Waals surface area contributed by atoms with E-state index in [4.69, 9.17) is 0 Å². The van der Waals surface area contributed by atoms with E-state index in [9.17, 15) is 9.90 Å². The molecule has 0 atom stereocenters. The minimum absolute atomic E-state index is 0.0317. The largest absolute Gasteiger partial charge is 0.507 e. The number of nitrogens with zero attached hydrogens (tertiary/aromatic N) is 1. The number of aromatic nitrogens is 1.